The number of rotatable bonds is 4. The van der Waals surface area contributed by atoms with Crippen LogP contribution in [0.1, 0.15) is 0 Å². The summed E-state index contributed by atoms with van der Waals surface area (Å²) in [6, 6.07) is -0.701. The molecular formula is CH5ClO7P2. The summed E-state index contributed by atoms with van der Waals surface area (Å²) in [5, 5.41) is 0. The quantitative estimate of drug-likeness (QED) is 0.470. The van der Waals surface area contributed by atoms with Gasteiger partial charge in [0.15, 0.2) is 0 Å². The average molecular weight is 226 g/mol. The van der Waals surface area contributed by atoms with Gasteiger partial charge in [0, 0.05) is 0 Å². The molecule has 0 spiro atoms. The van der Waals surface area contributed by atoms with Crippen molar-refractivity contribution in [3.05, 3.63) is 0 Å². The third-order valence-electron chi connectivity index (χ3n) is 0.421. The lowest BCUT2D eigenvalue weighted by molar-refractivity contribution is 0.197. The molecule has 3 N–H and O–H groups in total. The van der Waals surface area contributed by atoms with Gasteiger partial charge < -0.3 is 14.7 Å². The molecule has 1 unspecified atom stereocenters. The van der Waals surface area contributed by atoms with Crippen LogP contribution in [0.3, 0.4) is 0 Å². The van der Waals surface area contributed by atoms with Crippen molar-refractivity contribution >= 4 is 27.2 Å². The molecule has 68 valence electrons. The van der Waals surface area contributed by atoms with E-state index in [1.165, 1.54) is 0 Å². The molecule has 0 saturated heterocycles. The van der Waals surface area contributed by atoms with Crippen LogP contribution in [0.25, 0.3) is 0 Å². The molecule has 0 aliphatic rings. The lowest BCUT2D eigenvalue weighted by atomic mass is 11.7. The monoisotopic (exact) mass is 226 g/mol. The van der Waals surface area contributed by atoms with E-state index in [1.807, 2.05) is 0 Å². The van der Waals surface area contributed by atoms with Gasteiger partial charge in [-0.2, -0.15) is 4.31 Å². The zero-order valence-electron chi connectivity index (χ0n) is 4.95. The van der Waals surface area contributed by atoms with E-state index in [1.54, 1.807) is 0 Å². The molecule has 11 heavy (non-hydrogen) atoms. The maximum absolute atomic E-state index is 10.4. The standard InChI is InChI=1S/CH5ClO7P2/c2-1-8-11(6,7)9-10(3,4)5/h1H2,(H,6,7)(H2,3,4,5). The van der Waals surface area contributed by atoms with Crippen LogP contribution in [0.2, 0.25) is 0 Å². The topological polar surface area (TPSA) is 113 Å². The predicted octanol–water partition coefficient (Wildman–Crippen LogP) is 0.409. The summed E-state index contributed by atoms with van der Waals surface area (Å²) in [7, 11) is -9.72. The van der Waals surface area contributed by atoms with E-state index in [-0.39, 0.29) is 0 Å². The van der Waals surface area contributed by atoms with Gasteiger partial charge in [-0.25, -0.2) is 9.13 Å². The summed E-state index contributed by atoms with van der Waals surface area (Å²) in [5.74, 6) is 0. The van der Waals surface area contributed by atoms with Crippen LogP contribution in [0.5, 0.6) is 0 Å². The van der Waals surface area contributed by atoms with Crippen LogP contribution in [0.15, 0.2) is 0 Å². The van der Waals surface area contributed by atoms with Gasteiger partial charge in [-0.05, 0) is 0 Å². The molecule has 0 amide bonds. The molecule has 0 bridgehead atoms. The SMILES string of the molecule is O=P(O)(O)OP(=O)(O)OCCl. The van der Waals surface area contributed by atoms with E-state index >= 15 is 0 Å². The molecule has 1 atom stereocenters. The van der Waals surface area contributed by atoms with Crippen LogP contribution >= 0.6 is 27.2 Å². The van der Waals surface area contributed by atoms with Gasteiger partial charge in [0.1, 0.15) is 6.07 Å². The van der Waals surface area contributed by atoms with Gasteiger partial charge in [-0.3, -0.25) is 4.52 Å². The minimum atomic E-state index is -5.01. The van der Waals surface area contributed by atoms with E-state index in [9.17, 15) is 9.13 Å². The van der Waals surface area contributed by atoms with Gasteiger partial charge >= 0.3 is 15.6 Å². The Hall–Kier alpha value is 0.550. The van der Waals surface area contributed by atoms with Crippen molar-refractivity contribution in [3.8, 4) is 0 Å². The van der Waals surface area contributed by atoms with Crippen molar-refractivity contribution in [1.82, 2.24) is 0 Å². The smallest absolute Gasteiger partial charge is 0.302 e. The Kier molecular flexibility index (Phi) is 4.18. The zero-order valence-corrected chi connectivity index (χ0v) is 7.50. The first kappa shape index (κ1) is 11.6. The van der Waals surface area contributed by atoms with Gasteiger partial charge in [0.05, 0.1) is 0 Å². The molecular weight excluding hydrogens is 221 g/mol. The highest BCUT2D eigenvalue weighted by Gasteiger charge is 2.31. The molecule has 0 saturated carbocycles. The summed E-state index contributed by atoms with van der Waals surface area (Å²) < 4.78 is 27.4. The van der Waals surface area contributed by atoms with Crippen molar-refractivity contribution in [2.45, 2.75) is 0 Å². The van der Waals surface area contributed by atoms with Crippen LogP contribution in [0.4, 0.5) is 0 Å². The molecule has 0 aliphatic heterocycles. The number of hydrogen-bond acceptors (Lipinski definition) is 4. The second-order valence-corrected chi connectivity index (χ2v) is 4.33. The van der Waals surface area contributed by atoms with E-state index < -0.39 is 21.7 Å². The Labute approximate surface area is 66.8 Å². The van der Waals surface area contributed by atoms with Gasteiger partial charge in [-0.15, -0.1) is 0 Å². The summed E-state index contributed by atoms with van der Waals surface area (Å²) >= 11 is 4.83. The second kappa shape index (κ2) is 3.98. The van der Waals surface area contributed by atoms with Crippen LogP contribution in [-0.2, 0) is 18.0 Å². The molecule has 0 aliphatic carbocycles. The predicted molar refractivity (Wildman–Crippen MR) is 34.8 cm³/mol. The molecule has 0 heterocycles. The van der Waals surface area contributed by atoms with Crippen LogP contribution in [-0.4, -0.2) is 20.7 Å². The number of phosphoric ester groups is 1. The first-order chi connectivity index (χ1) is 4.77. The minimum Gasteiger partial charge on any atom is -0.302 e. The summed E-state index contributed by atoms with van der Waals surface area (Å²) in [5.41, 5.74) is 0. The van der Waals surface area contributed by atoms with Crippen LogP contribution < -0.4 is 0 Å². The van der Waals surface area contributed by atoms with E-state index in [0.717, 1.165) is 0 Å². The Balaban J connectivity index is 4.14. The molecule has 0 radical (unpaired) electrons. The normalized spacial score (nSPS) is 17.8. The molecule has 0 aromatic carbocycles. The summed E-state index contributed by atoms with van der Waals surface area (Å²) in [6.07, 6.45) is 0. The number of halogens is 1. The Bertz CT molecular complexity index is 206. The van der Waals surface area contributed by atoms with E-state index in [4.69, 9.17) is 26.3 Å². The van der Waals surface area contributed by atoms with E-state index in [0.29, 0.717) is 0 Å². The fourth-order valence-electron chi connectivity index (χ4n) is 0.220. The highest BCUT2D eigenvalue weighted by molar-refractivity contribution is 7.60. The summed E-state index contributed by atoms with van der Waals surface area (Å²) in [4.78, 5) is 24.4. The largest absolute Gasteiger partial charge is 0.482 e. The Morgan fingerprint density at radius 1 is 1.27 bits per heavy atom. The Morgan fingerprint density at radius 2 is 1.73 bits per heavy atom. The highest BCUT2D eigenvalue weighted by Crippen LogP contribution is 2.57. The number of alkyl halides is 1. The van der Waals surface area contributed by atoms with Crippen molar-refractivity contribution in [2.24, 2.45) is 0 Å². The lowest BCUT2D eigenvalue weighted by Gasteiger charge is -2.09. The highest BCUT2D eigenvalue weighted by atomic mass is 35.5. The number of phosphoric acid groups is 2. The first-order valence-corrected chi connectivity index (χ1v) is 5.63. The van der Waals surface area contributed by atoms with Gasteiger partial charge in [0.25, 0.3) is 0 Å². The third kappa shape index (κ3) is 6.93. The lowest BCUT2D eigenvalue weighted by Crippen LogP contribution is -1.91. The second-order valence-electron chi connectivity index (χ2n) is 1.28. The molecule has 7 nitrogen and oxygen atoms in total. The van der Waals surface area contributed by atoms with Crippen molar-refractivity contribution < 1.29 is 32.6 Å². The van der Waals surface area contributed by atoms with Crippen molar-refractivity contribution in [3.63, 3.8) is 0 Å². The maximum Gasteiger partial charge on any atom is 0.482 e. The molecule has 0 aromatic heterocycles. The molecule has 0 fully saturated rings. The van der Waals surface area contributed by atoms with Crippen molar-refractivity contribution in [2.75, 3.05) is 6.07 Å². The third-order valence-corrected chi connectivity index (χ3v) is 2.81. The Morgan fingerprint density at radius 3 is 2.00 bits per heavy atom. The van der Waals surface area contributed by atoms with Gasteiger partial charge in [0.2, 0.25) is 0 Å². The fraction of sp³-hybridized carbons (Fsp3) is 1.00. The fourth-order valence-corrected chi connectivity index (χ4v) is 1.98. The minimum absolute atomic E-state index is 0.701. The van der Waals surface area contributed by atoms with Gasteiger partial charge in [-0.1, -0.05) is 11.6 Å². The van der Waals surface area contributed by atoms with E-state index in [2.05, 4.69) is 8.83 Å². The summed E-state index contributed by atoms with van der Waals surface area (Å²) in [6.45, 7) is 0. The molecule has 0 rings (SSSR count). The average Bonchev–Trinajstić information content (AvgIpc) is 1.55. The first-order valence-electron chi connectivity index (χ1n) is 2.07. The molecule has 0 aromatic rings. The van der Waals surface area contributed by atoms with Crippen LogP contribution in [0, 0.1) is 0 Å². The molecule has 10 heteroatoms. The number of hydrogen-bond donors (Lipinski definition) is 3. The van der Waals surface area contributed by atoms with Crippen molar-refractivity contribution in [1.29, 1.82) is 0 Å². The maximum atomic E-state index is 10.4. The zero-order chi connectivity index (χ0) is 9.12.